The number of fused-ring (bicyclic) bond motifs is 1. The maximum Gasteiger partial charge on any atom is 0.401 e. The maximum atomic E-state index is 13.1. The molecule has 0 amide bonds. The summed E-state index contributed by atoms with van der Waals surface area (Å²) in [5, 5.41) is 10.2. The van der Waals surface area contributed by atoms with Crippen LogP contribution in [-0.4, -0.2) is 65.3 Å². The average Bonchev–Trinajstić information content (AvgIpc) is 3.26. The van der Waals surface area contributed by atoms with Gasteiger partial charge in [0.1, 0.15) is 5.75 Å². The molecule has 6 nitrogen and oxygen atoms in total. The van der Waals surface area contributed by atoms with Crippen molar-refractivity contribution in [2.24, 2.45) is 0 Å². The summed E-state index contributed by atoms with van der Waals surface area (Å²) >= 11 is 0. The summed E-state index contributed by atoms with van der Waals surface area (Å²) in [5.74, 6) is -0.308. The first-order valence-corrected chi connectivity index (χ1v) is 10.7. The average molecular weight is 461 g/mol. The second-order valence-corrected chi connectivity index (χ2v) is 8.40. The first kappa shape index (κ1) is 23.1. The smallest absolute Gasteiger partial charge is 0.401 e. The van der Waals surface area contributed by atoms with Gasteiger partial charge in [-0.15, -0.1) is 0 Å². The lowest BCUT2D eigenvalue weighted by Gasteiger charge is -2.42. The molecule has 0 spiro atoms. The molecular weight excluding hydrogens is 435 g/mol. The van der Waals surface area contributed by atoms with Crippen molar-refractivity contribution in [1.82, 2.24) is 14.8 Å². The summed E-state index contributed by atoms with van der Waals surface area (Å²) in [4.78, 5) is 18.0. The minimum absolute atomic E-state index is 0.141. The Kier molecular flexibility index (Phi) is 6.36. The number of rotatable bonds is 6. The molecule has 0 bridgehead atoms. The Balaban J connectivity index is 1.68. The van der Waals surface area contributed by atoms with Crippen LogP contribution in [0.2, 0.25) is 0 Å². The number of aryl methyl sites for hydroxylation is 1. The standard InChI is InChI=1S/C24H26F3N3O3/c1-15-11-21(33-2)19(18-7-8-28-22(15)18)12-30-10-9-29(14-24(25,26)27)13-20(30)16-3-5-17(6-4-16)23(31)32/h3-8,11,20,28H,9-10,12-14H2,1-2H3,(H,31,32). The lowest BCUT2D eigenvalue weighted by molar-refractivity contribution is -0.152. The number of aromatic amines is 1. The van der Waals surface area contributed by atoms with E-state index in [0.717, 1.165) is 33.3 Å². The molecule has 1 aromatic heterocycles. The predicted molar refractivity (Wildman–Crippen MR) is 119 cm³/mol. The van der Waals surface area contributed by atoms with Crippen LogP contribution >= 0.6 is 0 Å². The highest BCUT2D eigenvalue weighted by molar-refractivity contribution is 5.88. The first-order chi connectivity index (χ1) is 15.7. The van der Waals surface area contributed by atoms with Gasteiger partial charge in [0.05, 0.1) is 19.2 Å². The number of carboxylic acids is 1. The van der Waals surface area contributed by atoms with Crippen LogP contribution in [0.1, 0.15) is 33.1 Å². The van der Waals surface area contributed by atoms with Crippen LogP contribution in [0, 0.1) is 6.92 Å². The van der Waals surface area contributed by atoms with E-state index in [0.29, 0.717) is 13.1 Å². The molecule has 9 heteroatoms. The van der Waals surface area contributed by atoms with E-state index in [2.05, 4.69) is 9.88 Å². The highest BCUT2D eigenvalue weighted by atomic mass is 19.4. The summed E-state index contributed by atoms with van der Waals surface area (Å²) in [7, 11) is 1.61. The largest absolute Gasteiger partial charge is 0.496 e. The first-order valence-electron chi connectivity index (χ1n) is 10.7. The lowest BCUT2D eigenvalue weighted by Crippen LogP contribution is -2.50. The topological polar surface area (TPSA) is 68.8 Å². The highest BCUT2D eigenvalue weighted by Gasteiger charge is 2.36. The number of benzene rings is 2. The Bertz CT molecular complexity index is 1140. The Morgan fingerprint density at radius 1 is 1.21 bits per heavy atom. The number of carbonyl (C=O) groups is 1. The molecule has 176 valence electrons. The number of halogens is 3. The van der Waals surface area contributed by atoms with Crippen molar-refractivity contribution in [3.63, 3.8) is 0 Å². The predicted octanol–water partition coefficient (Wildman–Crippen LogP) is 4.60. The molecule has 1 aliphatic rings. The summed E-state index contributed by atoms with van der Waals surface area (Å²) in [5.41, 5.74) is 3.94. The van der Waals surface area contributed by atoms with Gasteiger partial charge in [0.2, 0.25) is 0 Å². The van der Waals surface area contributed by atoms with Gasteiger partial charge in [-0.3, -0.25) is 9.80 Å². The number of carboxylic acid groups (broad SMARTS) is 1. The number of hydrogen-bond donors (Lipinski definition) is 2. The number of alkyl halides is 3. The third-order valence-corrected chi connectivity index (χ3v) is 6.21. The molecule has 1 fully saturated rings. The molecule has 1 atom stereocenters. The fraction of sp³-hybridized carbons (Fsp3) is 0.375. The van der Waals surface area contributed by atoms with Gasteiger partial charge < -0.3 is 14.8 Å². The molecule has 2 aromatic carbocycles. The number of ether oxygens (including phenoxy) is 1. The van der Waals surface area contributed by atoms with Crippen molar-refractivity contribution < 1.29 is 27.8 Å². The number of aromatic nitrogens is 1. The van der Waals surface area contributed by atoms with Crippen LogP contribution in [0.25, 0.3) is 10.9 Å². The second kappa shape index (κ2) is 9.07. The van der Waals surface area contributed by atoms with Gasteiger partial charge in [-0.2, -0.15) is 13.2 Å². The fourth-order valence-electron chi connectivity index (χ4n) is 4.61. The van der Waals surface area contributed by atoms with E-state index in [4.69, 9.17) is 4.74 Å². The van der Waals surface area contributed by atoms with Crippen molar-refractivity contribution in [2.45, 2.75) is 25.7 Å². The molecule has 0 radical (unpaired) electrons. The number of methoxy groups -OCH3 is 1. The van der Waals surface area contributed by atoms with Gasteiger partial charge in [-0.05, 0) is 42.3 Å². The number of piperazine rings is 1. The third-order valence-electron chi connectivity index (χ3n) is 6.21. The van der Waals surface area contributed by atoms with E-state index in [9.17, 15) is 23.1 Å². The zero-order valence-corrected chi connectivity index (χ0v) is 18.4. The van der Waals surface area contributed by atoms with E-state index < -0.39 is 18.7 Å². The number of hydrogen-bond acceptors (Lipinski definition) is 4. The molecule has 4 rings (SSSR count). The van der Waals surface area contributed by atoms with Crippen LogP contribution in [-0.2, 0) is 6.54 Å². The normalized spacial score (nSPS) is 18.0. The molecule has 0 saturated carbocycles. The van der Waals surface area contributed by atoms with Crippen molar-refractivity contribution in [3.05, 3.63) is 64.8 Å². The molecule has 3 aromatic rings. The Hall–Kier alpha value is -3.04. The van der Waals surface area contributed by atoms with Crippen LogP contribution in [0.5, 0.6) is 5.75 Å². The second-order valence-electron chi connectivity index (χ2n) is 8.40. The maximum absolute atomic E-state index is 13.1. The fourth-order valence-corrected chi connectivity index (χ4v) is 4.61. The molecule has 1 unspecified atom stereocenters. The van der Waals surface area contributed by atoms with Gasteiger partial charge in [0, 0.05) is 54.9 Å². The molecule has 2 heterocycles. The van der Waals surface area contributed by atoms with Crippen molar-refractivity contribution in [3.8, 4) is 5.75 Å². The summed E-state index contributed by atoms with van der Waals surface area (Å²) < 4.78 is 44.9. The zero-order chi connectivity index (χ0) is 23.8. The van der Waals surface area contributed by atoms with Crippen molar-refractivity contribution in [2.75, 3.05) is 33.3 Å². The molecule has 0 aliphatic carbocycles. The number of H-pyrrole nitrogens is 1. The minimum atomic E-state index is -4.28. The summed E-state index contributed by atoms with van der Waals surface area (Å²) in [6.07, 6.45) is -2.42. The van der Waals surface area contributed by atoms with E-state index >= 15 is 0 Å². The van der Waals surface area contributed by atoms with Gasteiger partial charge in [0.25, 0.3) is 0 Å². The van der Waals surface area contributed by atoms with Crippen LogP contribution in [0.4, 0.5) is 13.2 Å². The minimum Gasteiger partial charge on any atom is -0.496 e. The summed E-state index contributed by atoms with van der Waals surface area (Å²) in [6, 6.07) is 9.99. The zero-order valence-electron chi connectivity index (χ0n) is 18.4. The molecule has 1 aliphatic heterocycles. The van der Waals surface area contributed by atoms with E-state index in [1.54, 1.807) is 19.2 Å². The number of aromatic carboxylic acids is 1. The van der Waals surface area contributed by atoms with Gasteiger partial charge in [-0.25, -0.2) is 4.79 Å². The SMILES string of the molecule is COc1cc(C)c2[nH]ccc2c1CN1CCN(CC(F)(F)F)CC1c1ccc(C(=O)O)cc1. The van der Waals surface area contributed by atoms with Gasteiger partial charge >= 0.3 is 12.1 Å². The van der Waals surface area contributed by atoms with Crippen LogP contribution < -0.4 is 4.74 Å². The molecule has 2 N–H and O–H groups in total. The van der Waals surface area contributed by atoms with Crippen molar-refractivity contribution >= 4 is 16.9 Å². The Labute approximate surface area is 189 Å². The van der Waals surface area contributed by atoms with Crippen LogP contribution in [0.3, 0.4) is 0 Å². The summed E-state index contributed by atoms with van der Waals surface area (Å²) in [6.45, 7) is 2.42. The molecule has 33 heavy (non-hydrogen) atoms. The monoisotopic (exact) mass is 461 g/mol. The van der Waals surface area contributed by atoms with E-state index in [1.807, 2.05) is 25.3 Å². The third kappa shape index (κ3) is 4.99. The van der Waals surface area contributed by atoms with Gasteiger partial charge in [0.15, 0.2) is 0 Å². The number of nitrogens with zero attached hydrogens (tertiary/aromatic N) is 2. The highest BCUT2D eigenvalue weighted by Crippen LogP contribution is 2.35. The van der Waals surface area contributed by atoms with E-state index in [1.165, 1.54) is 17.0 Å². The molecule has 1 saturated heterocycles. The quantitative estimate of drug-likeness (QED) is 0.562. The number of nitrogens with one attached hydrogen (secondary N) is 1. The van der Waals surface area contributed by atoms with Crippen molar-refractivity contribution in [1.29, 1.82) is 0 Å². The Morgan fingerprint density at radius 3 is 2.58 bits per heavy atom. The Morgan fingerprint density at radius 2 is 1.94 bits per heavy atom. The molecular formula is C24H26F3N3O3. The van der Waals surface area contributed by atoms with Gasteiger partial charge in [-0.1, -0.05) is 12.1 Å². The van der Waals surface area contributed by atoms with Crippen LogP contribution in [0.15, 0.2) is 42.6 Å². The lowest BCUT2D eigenvalue weighted by atomic mass is 9.98. The van der Waals surface area contributed by atoms with E-state index in [-0.39, 0.29) is 24.7 Å².